The van der Waals surface area contributed by atoms with Gasteiger partial charge in [-0.3, -0.25) is 9.55 Å². The average Bonchev–Trinajstić information content (AvgIpc) is 3.33. The van der Waals surface area contributed by atoms with Crippen molar-refractivity contribution in [3.63, 3.8) is 0 Å². The molecular formula is C22H22BrN5O. The summed E-state index contributed by atoms with van der Waals surface area (Å²) in [5.41, 5.74) is 4.27. The van der Waals surface area contributed by atoms with Gasteiger partial charge in [-0.2, -0.15) is 0 Å². The van der Waals surface area contributed by atoms with Gasteiger partial charge in [-0.25, -0.2) is 9.78 Å². The number of imidazole rings is 2. The minimum absolute atomic E-state index is 0.153. The molecule has 7 heteroatoms. The molecule has 2 aromatic carbocycles. The number of hydrogen-bond donors (Lipinski definition) is 3. The van der Waals surface area contributed by atoms with E-state index in [0.717, 1.165) is 51.1 Å². The number of nitrogens with one attached hydrogen (secondary N) is 3. The lowest BCUT2D eigenvalue weighted by atomic mass is 9.95. The summed E-state index contributed by atoms with van der Waals surface area (Å²) in [4.78, 5) is 23.5. The van der Waals surface area contributed by atoms with Crippen molar-refractivity contribution in [2.24, 2.45) is 0 Å². The van der Waals surface area contributed by atoms with Gasteiger partial charge in [-0.1, -0.05) is 47.3 Å². The number of rotatable bonds is 4. The SMILES string of the molecule is O=c1[nH]c(NC2CCCCC2)c(-c2ccc(Br)cc2)n1-c1ccc2nc[nH]c2c1. The van der Waals surface area contributed by atoms with Gasteiger partial charge in [0.25, 0.3) is 0 Å². The minimum Gasteiger partial charge on any atom is -0.367 e. The van der Waals surface area contributed by atoms with Crippen LogP contribution in [0.5, 0.6) is 0 Å². The molecule has 6 nitrogen and oxygen atoms in total. The topological polar surface area (TPSA) is 78.5 Å². The van der Waals surface area contributed by atoms with Crippen molar-refractivity contribution in [3.05, 3.63) is 63.7 Å². The summed E-state index contributed by atoms with van der Waals surface area (Å²) in [5.74, 6) is 0.786. The van der Waals surface area contributed by atoms with Crippen LogP contribution in [0.3, 0.4) is 0 Å². The summed E-state index contributed by atoms with van der Waals surface area (Å²) in [6, 6.07) is 14.3. The smallest absolute Gasteiger partial charge is 0.332 e. The number of aromatic amines is 2. The van der Waals surface area contributed by atoms with E-state index in [1.54, 1.807) is 10.9 Å². The van der Waals surface area contributed by atoms with Gasteiger partial charge < -0.3 is 10.3 Å². The van der Waals surface area contributed by atoms with Crippen molar-refractivity contribution in [1.82, 2.24) is 19.5 Å². The molecule has 148 valence electrons. The Balaban J connectivity index is 1.66. The summed E-state index contributed by atoms with van der Waals surface area (Å²) in [6.07, 6.45) is 7.68. The van der Waals surface area contributed by atoms with Crippen LogP contribution in [0.1, 0.15) is 32.1 Å². The number of fused-ring (bicyclic) bond motifs is 1. The van der Waals surface area contributed by atoms with Crippen LogP contribution in [-0.4, -0.2) is 25.6 Å². The fraction of sp³-hybridized carbons (Fsp3) is 0.273. The molecule has 1 aliphatic rings. The second-order valence-electron chi connectivity index (χ2n) is 7.58. The molecule has 0 spiro atoms. The molecule has 4 aromatic rings. The average molecular weight is 452 g/mol. The van der Waals surface area contributed by atoms with Crippen molar-refractivity contribution in [1.29, 1.82) is 0 Å². The van der Waals surface area contributed by atoms with Crippen LogP contribution in [0.2, 0.25) is 0 Å². The summed E-state index contributed by atoms with van der Waals surface area (Å²) in [6.45, 7) is 0. The standard InChI is InChI=1S/C22H22BrN5O/c23-15-8-6-14(7-9-15)20-21(26-16-4-2-1-3-5-16)27-22(29)28(20)17-10-11-18-19(12-17)25-13-24-18/h6-13,16,26H,1-5H2,(H,24,25)(H,27,29). The first-order valence-corrected chi connectivity index (χ1v) is 10.8. The maximum absolute atomic E-state index is 13.0. The summed E-state index contributed by atoms with van der Waals surface area (Å²) >= 11 is 3.50. The van der Waals surface area contributed by atoms with E-state index in [4.69, 9.17) is 0 Å². The third kappa shape index (κ3) is 3.51. The van der Waals surface area contributed by atoms with Crippen molar-refractivity contribution in [2.75, 3.05) is 5.32 Å². The van der Waals surface area contributed by atoms with Gasteiger partial charge in [0.2, 0.25) is 0 Å². The van der Waals surface area contributed by atoms with Crippen LogP contribution in [0.25, 0.3) is 28.0 Å². The number of nitrogens with zero attached hydrogens (tertiary/aromatic N) is 2. The van der Waals surface area contributed by atoms with E-state index < -0.39 is 0 Å². The summed E-state index contributed by atoms with van der Waals surface area (Å²) in [5, 5.41) is 3.62. The molecular weight excluding hydrogens is 430 g/mol. The Bertz CT molecular complexity index is 1200. The fourth-order valence-corrected chi connectivity index (χ4v) is 4.45. The van der Waals surface area contributed by atoms with E-state index in [1.807, 2.05) is 42.5 Å². The third-order valence-electron chi connectivity index (χ3n) is 5.63. The third-order valence-corrected chi connectivity index (χ3v) is 6.16. The van der Waals surface area contributed by atoms with Gasteiger partial charge in [0, 0.05) is 16.1 Å². The molecule has 0 saturated heterocycles. The van der Waals surface area contributed by atoms with Gasteiger partial charge in [0.05, 0.1) is 28.7 Å². The highest BCUT2D eigenvalue weighted by molar-refractivity contribution is 9.10. The Morgan fingerprint density at radius 1 is 1.07 bits per heavy atom. The van der Waals surface area contributed by atoms with Gasteiger partial charge in [-0.05, 0) is 43.2 Å². The summed E-state index contributed by atoms with van der Waals surface area (Å²) in [7, 11) is 0. The van der Waals surface area contributed by atoms with E-state index in [2.05, 4.69) is 36.2 Å². The normalized spacial score (nSPS) is 15.1. The quantitative estimate of drug-likeness (QED) is 0.398. The number of anilines is 1. The molecule has 0 unspecified atom stereocenters. The van der Waals surface area contributed by atoms with Crippen molar-refractivity contribution < 1.29 is 0 Å². The highest BCUT2D eigenvalue weighted by Gasteiger charge is 2.21. The lowest BCUT2D eigenvalue weighted by Crippen LogP contribution is -2.23. The Morgan fingerprint density at radius 3 is 2.66 bits per heavy atom. The van der Waals surface area contributed by atoms with E-state index in [9.17, 15) is 4.79 Å². The molecule has 3 N–H and O–H groups in total. The Morgan fingerprint density at radius 2 is 1.86 bits per heavy atom. The first kappa shape index (κ1) is 18.2. The molecule has 29 heavy (non-hydrogen) atoms. The lowest BCUT2D eigenvalue weighted by molar-refractivity contribution is 0.462. The predicted octanol–water partition coefficient (Wildman–Crippen LogP) is 5.22. The summed E-state index contributed by atoms with van der Waals surface area (Å²) < 4.78 is 2.75. The van der Waals surface area contributed by atoms with Gasteiger partial charge >= 0.3 is 5.69 Å². The van der Waals surface area contributed by atoms with Gasteiger partial charge in [-0.15, -0.1) is 0 Å². The van der Waals surface area contributed by atoms with Crippen LogP contribution in [-0.2, 0) is 0 Å². The Hall–Kier alpha value is -2.80. The number of halogens is 1. The molecule has 1 saturated carbocycles. The first-order valence-electron chi connectivity index (χ1n) is 10.00. The van der Waals surface area contributed by atoms with Crippen molar-refractivity contribution in [3.8, 4) is 16.9 Å². The monoisotopic (exact) mass is 451 g/mol. The van der Waals surface area contributed by atoms with Crippen molar-refractivity contribution >= 4 is 32.8 Å². The second-order valence-corrected chi connectivity index (χ2v) is 8.49. The number of H-pyrrole nitrogens is 2. The predicted molar refractivity (Wildman–Crippen MR) is 120 cm³/mol. The zero-order valence-corrected chi connectivity index (χ0v) is 17.5. The zero-order valence-electron chi connectivity index (χ0n) is 15.9. The first-order chi connectivity index (χ1) is 14.2. The van der Waals surface area contributed by atoms with E-state index in [1.165, 1.54) is 19.3 Å². The lowest BCUT2D eigenvalue weighted by Gasteiger charge is -2.23. The maximum Gasteiger partial charge on any atom is 0.332 e. The second kappa shape index (κ2) is 7.55. The largest absolute Gasteiger partial charge is 0.367 e. The molecule has 0 aliphatic heterocycles. The van der Waals surface area contributed by atoms with E-state index >= 15 is 0 Å². The van der Waals surface area contributed by atoms with Gasteiger partial charge in [0.1, 0.15) is 5.82 Å². The molecule has 2 aromatic heterocycles. The fourth-order valence-electron chi connectivity index (χ4n) is 4.18. The molecule has 0 bridgehead atoms. The molecule has 2 heterocycles. The van der Waals surface area contributed by atoms with Crippen LogP contribution in [0.15, 0.2) is 58.1 Å². The molecule has 0 amide bonds. The molecule has 1 fully saturated rings. The zero-order chi connectivity index (χ0) is 19.8. The van der Waals surface area contributed by atoms with Gasteiger partial charge in [0.15, 0.2) is 0 Å². The number of aromatic nitrogens is 4. The number of benzene rings is 2. The molecule has 0 radical (unpaired) electrons. The van der Waals surface area contributed by atoms with E-state index in [0.29, 0.717) is 6.04 Å². The van der Waals surface area contributed by atoms with Crippen LogP contribution >= 0.6 is 15.9 Å². The van der Waals surface area contributed by atoms with Crippen LogP contribution in [0.4, 0.5) is 5.82 Å². The Kier molecular flexibility index (Phi) is 4.75. The molecule has 1 aliphatic carbocycles. The van der Waals surface area contributed by atoms with Crippen LogP contribution < -0.4 is 11.0 Å². The molecule has 5 rings (SSSR count). The molecule has 0 atom stereocenters. The maximum atomic E-state index is 13.0. The highest BCUT2D eigenvalue weighted by atomic mass is 79.9. The van der Waals surface area contributed by atoms with E-state index in [-0.39, 0.29) is 5.69 Å². The highest BCUT2D eigenvalue weighted by Crippen LogP contribution is 2.32. The van der Waals surface area contributed by atoms with Crippen molar-refractivity contribution in [2.45, 2.75) is 38.1 Å². The van der Waals surface area contributed by atoms with Crippen LogP contribution in [0, 0.1) is 0 Å². The Labute approximate surface area is 176 Å². The number of hydrogen-bond acceptors (Lipinski definition) is 3. The minimum atomic E-state index is -0.153.